The number of aromatic nitrogens is 1. The predicted molar refractivity (Wildman–Crippen MR) is 71.1 cm³/mol. The first-order valence-electron chi connectivity index (χ1n) is 6.35. The first kappa shape index (κ1) is 11.4. The highest BCUT2D eigenvalue weighted by Crippen LogP contribution is 2.48. The van der Waals surface area contributed by atoms with Crippen LogP contribution in [0.15, 0.2) is 30.5 Å². The lowest BCUT2D eigenvalue weighted by molar-refractivity contribution is 0.549. The molecule has 0 spiro atoms. The van der Waals surface area contributed by atoms with Crippen LogP contribution in [0.2, 0.25) is 0 Å². The predicted octanol–water partition coefficient (Wildman–Crippen LogP) is 4.09. The van der Waals surface area contributed by atoms with E-state index in [1.165, 1.54) is 0 Å². The molecule has 1 aliphatic rings. The summed E-state index contributed by atoms with van der Waals surface area (Å²) in [4.78, 5) is 4.43. The largest absolute Gasteiger partial charge is 0.256 e. The van der Waals surface area contributed by atoms with Gasteiger partial charge in [0.15, 0.2) is 0 Å². The first-order chi connectivity index (χ1) is 8.57. The second-order valence-corrected chi connectivity index (χ2v) is 5.34. The molecule has 0 saturated heterocycles. The molecule has 3 rings (SSSR count). The summed E-state index contributed by atoms with van der Waals surface area (Å²) >= 11 is 0. The summed E-state index contributed by atoms with van der Waals surface area (Å²) in [6, 6.07) is 7.87. The lowest BCUT2D eigenvalue weighted by Gasteiger charge is -2.22. The fourth-order valence-electron chi connectivity index (χ4n) is 2.96. The van der Waals surface area contributed by atoms with Crippen LogP contribution in [-0.2, 0) is 11.8 Å². The molecule has 0 radical (unpaired) electrons. The van der Waals surface area contributed by atoms with Crippen LogP contribution in [0.3, 0.4) is 0 Å². The van der Waals surface area contributed by atoms with Gasteiger partial charge in [-0.05, 0) is 23.6 Å². The van der Waals surface area contributed by atoms with E-state index in [-0.39, 0.29) is 11.2 Å². The van der Waals surface area contributed by atoms with Gasteiger partial charge < -0.3 is 0 Å². The molecule has 2 heteroatoms. The van der Waals surface area contributed by atoms with Crippen molar-refractivity contribution in [3.63, 3.8) is 0 Å². The van der Waals surface area contributed by atoms with Crippen molar-refractivity contribution >= 4 is 0 Å². The summed E-state index contributed by atoms with van der Waals surface area (Å²) < 4.78 is 14.6. The Hall–Kier alpha value is -1.70. The summed E-state index contributed by atoms with van der Waals surface area (Å²) in [7, 11) is 0. The minimum atomic E-state index is -0.297. The summed E-state index contributed by atoms with van der Waals surface area (Å²) in [5, 5.41) is 0. The van der Waals surface area contributed by atoms with Crippen molar-refractivity contribution in [3.05, 3.63) is 53.0 Å². The van der Waals surface area contributed by atoms with Crippen LogP contribution in [0.4, 0.5) is 4.39 Å². The quantitative estimate of drug-likeness (QED) is 0.732. The third-order valence-corrected chi connectivity index (χ3v) is 3.96. The van der Waals surface area contributed by atoms with Crippen LogP contribution in [0.25, 0.3) is 11.3 Å². The van der Waals surface area contributed by atoms with Crippen molar-refractivity contribution in [1.82, 2.24) is 4.98 Å². The van der Waals surface area contributed by atoms with E-state index in [0.717, 1.165) is 34.4 Å². The molecule has 1 aromatic heterocycles. The minimum absolute atomic E-state index is 0.0574. The molecule has 0 amide bonds. The van der Waals surface area contributed by atoms with Crippen molar-refractivity contribution in [1.29, 1.82) is 0 Å². The Labute approximate surface area is 107 Å². The zero-order chi connectivity index (χ0) is 12.9. The zero-order valence-corrected chi connectivity index (χ0v) is 10.9. The number of nitrogens with zero attached hydrogens (tertiary/aromatic N) is 1. The topological polar surface area (TPSA) is 12.9 Å². The van der Waals surface area contributed by atoms with Gasteiger partial charge >= 0.3 is 0 Å². The lowest BCUT2D eigenvalue weighted by atomic mass is 9.81. The molecule has 0 aliphatic heterocycles. The molecule has 1 nitrogen and oxygen atoms in total. The normalized spacial score (nSPS) is 15.3. The number of fused-ring (bicyclic) bond motifs is 3. The van der Waals surface area contributed by atoms with E-state index in [1.807, 2.05) is 31.2 Å². The second kappa shape index (κ2) is 3.64. The highest BCUT2D eigenvalue weighted by Gasteiger charge is 2.39. The average molecular weight is 241 g/mol. The van der Waals surface area contributed by atoms with E-state index < -0.39 is 0 Å². The van der Waals surface area contributed by atoms with Crippen LogP contribution >= 0.6 is 0 Å². The molecular formula is C16H16FN. The Balaban J connectivity index is 2.38. The van der Waals surface area contributed by atoms with Gasteiger partial charge in [0.1, 0.15) is 5.82 Å². The maximum Gasteiger partial charge on any atom is 0.131 e. The van der Waals surface area contributed by atoms with Gasteiger partial charge in [0, 0.05) is 22.7 Å². The number of benzene rings is 1. The van der Waals surface area contributed by atoms with Crippen molar-refractivity contribution in [2.45, 2.75) is 32.6 Å². The SMILES string of the molecule is CCc1ccc2c(c1F)C(C)(C)c1cccnc1-2. The van der Waals surface area contributed by atoms with E-state index in [0.29, 0.717) is 0 Å². The summed E-state index contributed by atoms with van der Waals surface area (Å²) in [5.41, 5.74) is 4.29. The molecule has 18 heavy (non-hydrogen) atoms. The van der Waals surface area contributed by atoms with E-state index in [2.05, 4.69) is 18.8 Å². The molecule has 92 valence electrons. The van der Waals surface area contributed by atoms with Gasteiger partial charge in [-0.15, -0.1) is 0 Å². The molecule has 0 unspecified atom stereocenters. The van der Waals surface area contributed by atoms with Gasteiger partial charge in [0.05, 0.1) is 5.69 Å². The van der Waals surface area contributed by atoms with E-state index in [9.17, 15) is 4.39 Å². The average Bonchev–Trinajstić information content (AvgIpc) is 2.60. The van der Waals surface area contributed by atoms with Gasteiger partial charge in [-0.2, -0.15) is 0 Å². The fourth-order valence-corrected chi connectivity index (χ4v) is 2.96. The van der Waals surface area contributed by atoms with Gasteiger partial charge in [-0.1, -0.05) is 39.0 Å². The van der Waals surface area contributed by atoms with E-state index in [1.54, 1.807) is 6.20 Å². The van der Waals surface area contributed by atoms with E-state index >= 15 is 0 Å². The smallest absolute Gasteiger partial charge is 0.131 e. The molecule has 1 aromatic carbocycles. The van der Waals surface area contributed by atoms with Crippen molar-refractivity contribution < 1.29 is 4.39 Å². The number of pyridine rings is 1. The fraction of sp³-hybridized carbons (Fsp3) is 0.312. The first-order valence-corrected chi connectivity index (χ1v) is 6.35. The lowest BCUT2D eigenvalue weighted by Crippen LogP contribution is -2.17. The number of hydrogen-bond acceptors (Lipinski definition) is 1. The highest BCUT2D eigenvalue weighted by atomic mass is 19.1. The Morgan fingerprint density at radius 3 is 2.72 bits per heavy atom. The molecule has 0 atom stereocenters. The maximum atomic E-state index is 14.6. The zero-order valence-electron chi connectivity index (χ0n) is 10.9. The van der Waals surface area contributed by atoms with Crippen LogP contribution in [0, 0.1) is 5.82 Å². The van der Waals surface area contributed by atoms with E-state index in [4.69, 9.17) is 0 Å². The molecule has 1 heterocycles. The molecule has 1 aliphatic carbocycles. The monoisotopic (exact) mass is 241 g/mol. The van der Waals surface area contributed by atoms with Gasteiger partial charge in [-0.25, -0.2) is 4.39 Å². The number of aryl methyl sites for hydroxylation is 1. The molecule has 0 N–H and O–H groups in total. The van der Waals surface area contributed by atoms with Crippen molar-refractivity contribution in [2.24, 2.45) is 0 Å². The second-order valence-electron chi connectivity index (χ2n) is 5.34. The van der Waals surface area contributed by atoms with Crippen LogP contribution in [0.1, 0.15) is 37.5 Å². The van der Waals surface area contributed by atoms with Crippen LogP contribution < -0.4 is 0 Å². The highest BCUT2D eigenvalue weighted by molar-refractivity contribution is 5.78. The summed E-state index contributed by atoms with van der Waals surface area (Å²) in [6.45, 7) is 6.13. The summed E-state index contributed by atoms with van der Waals surface area (Å²) in [6.07, 6.45) is 2.49. The minimum Gasteiger partial charge on any atom is -0.256 e. The number of rotatable bonds is 1. The Morgan fingerprint density at radius 1 is 1.22 bits per heavy atom. The maximum absolute atomic E-state index is 14.6. The molecular weight excluding hydrogens is 225 g/mol. The number of hydrogen-bond donors (Lipinski definition) is 0. The van der Waals surface area contributed by atoms with Crippen molar-refractivity contribution in [2.75, 3.05) is 0 Å². The standard InChI is InChI=1S/C16H16FN/c1-4-10-7-8-11-13(14(10)17)16(2,3)12-6-5-9-18-15(11)12/h5-9H,4H2,1-3H3. The van der Waals surface area contributed by atoms with Gasteiger partial charge in [0.25, 0.3) is 0 Å². The Bertz CT molecular complexity index is 629. The third kappa shape index (κ3) is 1.29. The molecule has 0 fully saturated rings. The summed E-state index contributed by atoms with van der Waals surface area (Å²) in [5.74, 6) is -0.0574. The van der Waals surface area contributed by atoms with Gasteiger partial charge in [-0.3, -0.25) is 4.98 Å². The molecule has 0 bridgehead atoms. The number of halogens is 1. The van der Waals surface area contributed by atoms with Crippen LogP contribution in [-0.4, -0.2) is 4.98 Å². The van der Waals surface area contributed by atoms with Gasteiger partial charge in [0.2, 0.25) is 0 Å². The van der Waals surface area contributed by atoms with Crippen molar-refractivity contribution in [3.8, 4) is 11.3 Å². The Morgan fingerprint density at radius 2 is 2.00 bits per heavy atom. The third-order valence-electron chi connectivity index (χ3n) is 3.96. The van der Waals surface area contributed by atoms with Crippen LogP contribution in [0.5, 0.6) is 0 Å². The Kier molecular flexibility index (Phi) is 2.31. The molecule has 2 aromatic rings. The molecule has 0 saturated carbocycles.